The normalized spacial score (nSPS) is 14.1. The van der Waals surface area contributed by atoms with Crippen molar-refractivity contribution in [1.29, 1.82) is 0 Å². The summed E-state index contributed by atoms with van der Waals surface area (Å²) >= 11 is 0. The Bertz CT molecular complexity index is 1870. The third-order valence-electron chi connectivity index (χ3n) is 17.6. The van der Waals surface area contributed by atoms with Gasteiger partial charge in [0.05, 0.1) is 26.4 Å². The van der Waals surface area contributed by atoms with Crippen LogP contribution in [0.5, 0.6) is 0 Å². The molecule has 2 unspecified atom stereocenters. The van der Waals surface area contributed by atoms with E-state index in [0.29, 0.717) is 25.7 Å². The van der Waals surface area contributed by atoms with Crippen LogP contribution >= 0.6 is 15.6 Å². The number of rotatable bonds is 73. The Kier molecular flexibility index (Phi) is 64.0. The zero-order valence-corrected chi connectivity index (χ0v) is 64.1. The molecule has 0 rings (SSSR count). The van der Waals surface area contributed by atoms with E-state index >= 15 is 0 Å². The van der Waals surface area contributed by atoms with Crippen LogP contribution in [-0.2, 0) is 65.4 Å². The standard InChI is InChI=1S/C76H148O17P2/c1-66(2)52-44-36-28-20-15-13-11-9-10-12-14-16-24-34-42-50-58-75(80)92-71(62-86-73(78)56-48-40-32-25-17-21-29-37-45-53-67(3)4)64-90-94(82,83)88-60-70(77)61-89-95(84,85)91-65-72(93-76(81)59-51-43-35-27-19-23-31-39-47-55-69(7)8)63-87-74(79)57-49-41-33-26-18-22-30-38-46-54-68(5)6/h66-72,77H,9-65H2,1-8H3,(H,82,83)(H,84,85)/t70-,71-,72-/m1/s1. The first-order valence-electron chi connectivity index (χ1n) is 39.2. The van der Waals surface area contributed by atoms with E-state index in [4.69, 9.17) is 37.0 Å². The highest BCUT2D eigenvalue weighted by Gasteiger charge is 2.30. The van der Waals surface area contributed by atoms with Crippen molar-refractivity contribution >= 4 is 39.5 Å². The topological polar surface area (TPSA) is 237 Å². The molecule has 0 aromatic carbocycles. The molecule has 0 aromatic heterocycles. The first-order valence-corrected chi connectivity index (χ1v) is 42.2. The highest BCUT2D eigenvalue weighted by Crippen LogP contribution is 2.45. The predicted molar refractivity (Wildman–Crippen MR) is 386 cm³/mol. The van der Waals surface area contributed by atoms with Gasteiger partial charge < -0.3 is 33.8 Å². The van der Waals surface area contributed by atoms with Gasteiger partial charge in [0.2, 0.25) is 0 Å². The van der Waals surface area contributed by atoms with E-state index in [9.17, 15) is 43.2 Å². The second kappa shape index (κ2) is 65.4. The van der Waals surface area contributed by atoms with Gasteiger partial charge in [-0.05, 0) is 49.4 Å². The lowest BCUT2D eigenvalue weighted by Crippen LogP contribution is -2.30. The molecule has 0 aliphatic rings. The highest BCUT2D eigenvalue weighted by molar-refractivity contribution is 7.47. The highest BCUT2D eigenvalue weighted by atomic mass is 31.2. The summed E-state index contributed by atoms with van der Waals surface area (Å²) in [5, 5.41) is 10.6. The molecule has 0 fully saturated rings. The molecule has 564 valence electrons. The van der Waals surface area contributed by atoms with E-state index in [-0.39, 0.29) is 25.7 Å². The lowest BCUT2D eigenvalue weighted by Gasteiger charge is -2.21. The summed E-state index contributed by atoms with van der Waals surface area (Å²) in [6.45, 7) is 14.2. The van der Waals surface area contributed by atoms with Crippen LogP contribution in [0.15, 0.2) is 0 Å². The van der Waals surface area contributed by atoms with Crippen molar-refractivity contribution in [2.75, 3.05) is 39.6 Å². The summed E-state index contributed by atoms with van der Waals surface area (Å²) in [7, 11) is -9.91. The van der Waals surface area contributed by atoms with E-state index < -0.39 is 97.5 Å². The number of aliphatic hydroxyl groups excluding tert-OH is 1. The largest absolute Gasteiger partial charge is 0.472 e. The van der Waals surface area contributed by atoms with Crippen LogP contribution in [-0.4, -0.2) is 96.7 Å². The fraction of sp³-hybridized carbons (Fsp3) is 0.947. The van der Waals surface area contributed by atoms with Crippen molar-refractivity contribution in [3.05, 3.63) is 0 Å². The molecular formula is C76H148O17P2. The lowest BCUT2D eigenvalue weighted by molar-refractivity contribution is -0.161. The second-order valence-electron chi connectivity index (χ2n) is 29.3. The van der Waals surface area contributed by atoms with E-state index in [1.165, 1.54) is 186 Å². The maximum Gasteiger partial charge on any atom is 0.472 e. The summed E-state index contributed by atoms with van der Waals surface area (Å²) in [6.07, 6.45) is 50.0. The van der Waals surface area contributed by atoms with Crippen LogP contribution < -0.4 is 0 Å². The number of aliphatic hydroxyl groups is 1. The average Bonchev–Trinajstić information content (AvgIpc) is 1.34. The lowest BCUT2D eigenvalue weighted by atomic mass is 10.0. The number of phosphoric ester groups is 2. The second-order valence-corrected chi connectivity index (χ2v) is 32.2. The Balaban J connectivity index is 5.24. The number of esters is 4. The minimum atomic E-state index is -4.96. The molecular weight excluding hydrogens is 1250 g/mol. The molecule has 3 N–H and O–H groups in total. The molecule has 0 aromatic rings. The third-order valence-corrected chi connectivity index (χ3v) is 19.5. The molecule has 0 heterocycles. The minimum absolute atomic E-state index is 0.105. The van der Waals surface area contributed by atoms with Gasteiger partial charge in [0.1, 0.15) is 19.3 Å². The average molecular weight is 1400 g/mol. The number of hydrogen-bond donors (Lipinski definition) is 3. The van der Waals surface area contributed by atoms with Crippen LogP contribution in [0.25, 0.3) is 0 Å². The van der Waals surface area contributed by atoms with Gasteiger partial charge in [0, 0.05) is 25.7 Å². The first kappa shape index (κ1) is 93.1. The number of hydrogen-bond acceptors (Lipinski definition) is 15. The van der Waals surface area contributed by atoms with Gasteiger partial charge in [0.15, 0.2) is 12.2 Å². The van der Waals surface area contributed by atoms with Crippen molar-refractivity contribution < 1.29 is 80.2 Å². The molecule has 0 saturated heterocycles. The summed E-state index contributed by atoms with van der Waals surface area (Å²) in [6, 6.07) is 0. The predicted octanol–water partition coefficient (Wildman–Crippen LogP) is 22.0. The summed E-state index contributed by atoms with van der Waals surface area (Å²) in [4.78, 5) is 72.8. The maximum atomic E-state index is 13.1. The number of phosphoric acid groups is 2. The zero-order chi connectivity index (χ0) is 70.3. The number of ether oxygens (including phenoxy) is 4. The van der Waals surface area contributed by atoms with E-state index in [1.54, 1.807) is 0 Å². The smallest absolute Gasteiger partial charge is 0.462 e. The number of unbranched alkanes of at least 4 members (excludes halogenated alkanes) is 39. The fourth-order valence-electron chi connectivity index (χ4n) is 11.6. The molecule has 0 aliphatic heterocycles. The van der Waals surface area contributed by atoms with E-state index in [0.717, 1.165) is 114 Å². The number of carbonyl (C=O) groups is 4. The molecule has 5 atom stereocenters. The van der Waals surface area contributed by atoms with Gasteiger partial charge in [-0.1, -0.05) is 331 Å². The summed E-state index contributed by atoms with van der Waals surface area (Å²) in [5.41, 5.74) is 0. The Labute approximate surface area is 581 Å². The van der Waals surface area contributed by atoms with Gasteiger partial charge >= 0.3 is 39.5 Å². The minimum Gasteiger partial charge on any atom is -0.462 e. The van der Waals surface area contributed by atoms with Gasteiger partial charge in [0.25, 0.3) is 0 Å². The van der Waals surface area contributed by atoms with Crippen molar-refractivity contribution in [1.82, 2.24) is 0 Å². The summed E-state index contributed by atoms with van der Waals surface area (Å²) in [5.74, 6) is 0.912. The zero-order valence-electron chi connectivity index (χ0n) is 62.3. The molecule has 0 aliphatic carbocycles. The Morgan fingerprint density at radius 3 is 0.653 bits per heavy atom. The molecule has 19 heteroatoms. The molecule has 17 nitrogen and oxygen atoms in total. The fourth-order valence-corrected chi connectivity index (χ4v) is 13.1. The van der Waals surface area contributed by atoms with Crippen molar-refractivity contribution in [2.45, 2.75) is 401 Å². The van der Waals surface area contributed by atoms with Crippen LogP contribution in [0.2, 0.25) is 0 Å². The van der Waals surface area contributed by atoms with Gasteiger partial charge in [-0.15, -0.1) is 0 Å². The SMILES string of the molecule is CC(C)CCCCCCCCCCCCCCCCCCC(=O)O[C@H](COC(=O)CCCCCCCCCCCC(C)C)COP(=O)(O)OC[C@@H](O)COP(=O)(O)OC[C@@H](COC(=O)CCCCCCCCCCCC(C)C)OC(=O)CCCCCCCCCCCC(C)C. The van der Waals surface area contributed by atoms with Gasteiger partial charge in [-0.25, -0.2) is 9.13 Å². The molecule has 0 amide bonds. The first-order chi connectivity index (χ1) is 45.6. The van der Waals surface area contributed by atoms with Crippen molar-refractivity contribution in [3.63, 3.8) is 0 Å². The molecule has 0 radical (unpaired) electrons. The van der Waals surface area contributed by atoms with Gasteiger partial charge in [-0.2, -0.15) is 0 Å². The van der Waals surface area contributed by atoms with Crippen LogP contribution in [0.4, 0.5) is 0 Å². The van der Waals surface area contributed by atoms with Crippen LogP contribution in [0.1, 0.15) is 383 Å². The van der Waals surface area contributed by atoms with E-state index in [2.05, 4.69) is 55.4 Å². The van der Waals surface area contributed by atoms with Crippen molar-refractivity contribution in [2.24, 2.45) is 23.7 Å². The molecule has 95 heavy (non-hydrogen) atoms. The Hall–Kier alpha value is -1.94. The summed E-state index contributed by atoms with van der Waals surface area (Å²) < 4.78 is 68.5. The Morgan fingerprint density at radius 2 is 0.442 bits per heavy atom. The van der Waals surface area contributed by atoms with E-state index in [1.807, 2.05) is 0 Å². The van der Waals surface area contributed by atoms with Crippen LogP contribution in [0, 0.1) is 23.7 Å². The number of carbonyl (C=O) groups excluding carboxylic acids is 4. The maximum absolute atomic E-state index is 13.1. The van der Waals surface area contributed by atoms with Crippen LogP contribution in [0.3, 0.4) is 0 Å². The molecule has 0 saturated carbocycles. The molecule has 0 bridgehead atoms. The van der Waals surface area contributed by atoms with Gasteiger partial charge in [-0.3, -0.25) is 37.3 Å². The van der Waals surface area contributed by atoms with Crippen molar-refractivity contribution in [3.8, 4) is 0 Å². The monoisotopic (exact) mass is 1400 g/mol. The Morgan fingerprint density at radius 1 is 0.263 bits per heavy atom. The third kappa shape index (κ3) is 70.3. The molecule has 0 spiro atoms. The quantitative estimate of drug-likeness (QED) is 0.0222.